The zero-order chi connectivity index (χ0) is 23.8. The number of pyridine rings is 1. The first-order chi connectivity index (χ1) is 17.1. The van der Waals surface area contributed by atoms with Gasteiger partial charge >= 0.3 is 0 Å². The second kappa shape index (κ2) is 8.68. The van der Waals surface area contributed by atoms with E-state index in [1.807, 2.05) is 53.4 Å². The number of nitrogens with zero attached hydrogens (tertiary/aromatic N) is 4. The Bertz CT molecular complexity index is 1450. The van der Waals surface area contributed by atoms with Crippen molar-refractivity contribution in [3.8, 4) is 23.0 Å². The van der Waals surface area contributed by atoms with Crippen LogP contribution in [0, 0.1) is 17.3 Å². The van der Waals surface area contributed by atoms with Crippen molar-refractivity contribution in [3.63, 3.8) is 0 Å². The Kier molecular flexibility index (Phi) is 5.35. The molecule has 6 rings (SSSR count). The summed E-state index contributed by atoms with van der Waals surface area (Å²) in [5.41, 5.74) is 5.25. The van der Waals surface area contributed by atoms with Crippen LogP contribution >= 0.6 is 0 Å². The average Bonchev–Trinajstić information content (AvgIpc) is 3.29. The van der Waals surface area contributed by atoms with E-state index in [1.54, 1.807) is 6.20 Å². The largest absolute Gasteiger partial charge is 0.337 e. The number of piperidine rings is 1. The van der Waals surface area contributed by atoms with Crippen molar-refractivity contribution in [2.45, 2.75) is 12.8 Å². The van der Waals surface area contributed by atoms with Crippen LogP contribution in [0.25, 0.3) is 22.0 Å². The lowest BCUT2D eigenvalue weighted by Gasteiger charge is -2.53. The lowest BCUT2D eigenvalue weighted by atomic mass is 9.72. The molecule has 0 radical (unpaired) electrons. The minimum absolute atomic E-state index is 0.0904. The Morgan fingerprint density at radius 1 is 0.971 bits per heavy atom. The normalized spacial score (nSPS) is 17.1. The lowest BCUT2D eigenvalue weighted by molar-refractivity contribution is -0.0283. The van der Waals surface area contributed by atoms with Crippen LogP contribution in [-0.4, -0.2) is 64.1 Å². The number of benzene rings is 2. The highest BCUT2D eigenvalue weighted by Gasteiger charge is 2.46. The van der Waals surface area contributed by atoms with Gasteiger partial charge in [0.05, 0.1) is 5.52 Å². The molecule has 0 aliphatic carbocycles. The van der Waals surface area contributed by atoms with Gasteiger partial charge in [-0.05, 0) is 74.6 Å². The number of rotatable bonds is 2. The summed E-state index contributed by atoms with van der Waals surface area (Å²) in [4.78, 5) is 22.1. The maximum Gasteiger partial charge on any atom is 0.253 e. The smallest absolute Gasteiger partial charge is 0.253 e. The summed E-state index contributed by atoms with van der Waals surface area (Å²) in [5, 5.41) is 8.31. The summed E-state index contributed by atoms with van der Waals surface area (Å²) in [5.74, 6) is 6.47. The lowest BCUT2D eigenvalue weighted by Crippen LogP contribution is -2.61. The molecule has 0 atom stereocenters. The molecule has 2 aromatic carbocycles. The number of amides is 1. The van der Waals surface area contributed by atoms with E-state index in [2.05, 4.69) is 51.1 Å². The van der Waals surface area contributed by atoms with Crippen LogP contribution in [0.2, 0.25) is 0 Å². The quantitative estimate of drug-likeness (QED) is 0.455. The van der Waals surface area contributed by atoms with Gasteiger partial charge in [-0.15, -0.1) is 0 Å². The molecule has 0 unspecified atom stereocenters. The molecule has 2 saturated heterocycles. The minimum atomic E-state index is 0.0904. The first kappa shape index (κ1) is 21.6. The number of likely N-dealkylation sites (tertiary alicyclic amines) is 2. The molecule has 35 heavy (non-hydrogen) atoms. The number of carbonyl (C=O) groups excluding carboxylic acids is 1. The predicted octanol–water partition coefficient (Wildman–Crippen LogP) is 4.19. The van der Waals surface area contributed by atoms with Gasteiger partial charge < -0.3 is 9.80 Å². The van der Waals surface area contributed by atoms with E-state index >= 15 is 0 Å². The van der Waals surface area contributed by atoms with Gasteiger partial charge in [0.2, 0.25) is 0 Å². The van der Waals surface area contributed by atoms with Crippen LogP contribution in [-0.2, 0) is 0 Å². The second-order valence-corrected chi connectivity index (χ2v) is 9.81. The summed E-state index contributed by atoms with van der Waals surface area (Å²) < 4.78 is 0. The maximum absolute atomic E-state index is 13.2. The molecule has 1 N–H and O–H groups in total. The molecule has 174 valence electrons. The molecule has 2 fully saturated rings. The molecule has 6 nitrogen and oxygen atoms in total. The van der Waals surface area contributed by atoms with E-state index in [9.17, 15) is 4.79 Å². The maximum atomic E-state index is 13.2. The van der Waals surface area contributed by atoms with Crippen molar-refractivity contribution >= 4 is 16.8 Å². The van der Waals surface area contributed by atoms with Gasteiger partial charge in [-0.1, -0.05) is 36.4 Å². The Labute approximate surface area is 205 Å². The molecule has 6 heteroatoms. The Morgan fingerprint density at radius 2 is 1.74 bits per heavy atom. The monoisotopic (exact) mass is 461 g/mol. The highest BCUT2D eigenvalue weighted by atomic mass is 16.2. The fourth-order valence-corrected chi connectivity index (χ4v) is 5.22. The number of hydrogen-bond donors (Lipinski definition) is 1. The number of aromatic amines is 1. The fourth-order valence-electron chi connectivity index (χ4n) is 5.22. The van der Waals surface area contributed by atoms with E-state index < -0.39 is 0 Å². The molecule has 1 amide bonds. The first-order valence-electron chi connectivity index (χ1n) is 12.1. The SMILES string of the molecule is CN1CCC2(CC1)CN(C(=O)c1ccc3[nH]nc(C#Cc4ncccc4-c4ccccc4)c3c1)C2. The van der Waals surface area contributed by atoms with Crippen LogP contribution in [0.3, 0.4) is 0 Å². The van der Waals surface area contributed by atoms with Crippen molar-refractivity contribution in [1.29, 1.82) is 0 Å². The molecule has 0 bridgehead atoms. The zero-order valence-electron chi connectivity index (χ0n) is 19.8. The molecule has 2 aliphatic rings. The summed E-state index contributed by atoms with van der Waals surface area (Å²) in [6.45, 7) is 3.95. The van der Waals surface area contributed by atoms with Gasteiger partial charge in [-0.25, -0.2) is 4.98 Å². The number of H-pyrrole nitrogens is 1. The average molecular weight is 462 g/mol. The van der Waals surface area contributed by atoms with E-state index in [-0.39, 0.29) is 5.91 Å². The van der Waals surface area contributed by atoms with Gasteiger partial charge in [0.25, 0.3) is 5.91 Å². The minimum Gasteiger partial charge on any atom is -0.337 e. The highest BCUT2D eigenvalue weighted by Crippen LogP contribution is 2.40. The molecule has 4 aromatic rings. The van der Waals surface area contributed by atoms with Crippen molar-refractivity contribution in [2.75, 3.05) is 33.2 Å². The van der Waals surface area contributed by atoms with Gasteiger partial charge in [0, 0.05) is 41.2 Å². The molecule has 2 aliphatic heterocycles. The number of nitrogens with one attached hydrogen (secondary N) is 1. The Hall–Kier alpha value is -3.95. The first-order valence-corrected chi connectivity index (χ1v) is 12.1. The van der Waals surface area contributed by atoms with Crippen molar-refractivity contribution in [2.24, 2.45) is 5.41 Å². The summed E-state index contributed by atoms with van der Waals surface area (Å²) >= 11 is 0. The topological polar surface area (TPSA) is 65.1 Å². The Balaban J connectivity index is 1.25. The third-order valence-corrected chi connectivity index (χ3v) is 7.39. The van der Waals surface area contributed by atoms with E-state index in [4.69, 9.17) is 0 Å². The van der Waals surface area contributed by atoms with Crippen molar-refractivity contribution in [3.05, 3.63) is 83.8 Å². The molecule has 0 saturated carbocycles. The summed E-state index contributed by atoms with van der Waals surface area (Å²) in [6.07, 6.45) is 4.10. The van der Waals surface area contributed by atoms with Gasteiger partial charge in [-0.3, -0.25) is 9.89 Å². The van der Waals surface area contributed by atoms with Crippen LogP contribution in [0.4, 0.5) is 0 Å². The summed E-state index contributed by atoms with van der Waals surface area (Å²) in [7, 11) is 2.17. The number of aromatic nitrogens is 3. The van der Waals surface area contributed by atoms with Gasteiger partial charge in [0.15, 0.2) is 0 Å². The van der Waals surface area contributed by atoms with Crippen LogP contribution < -0.4 is 0 Å². The third-order valence-electron chi connectivity index (χ3n) is 7.39. The van der Waals surface area contributed by atoms with Gasteiger partial charge in [-0.2, -0.15) is 5.10 Å². The molecule has 2 aromatic heterocycles. The van der Waals surface area contributed by atoms with Crippen LogP contribution in [0.15, 0.2) is 66.9 Å². The van der Waals surface area contributed by atoms with Crippen molar-refractivity contribution in [1.82, 2.24) is 25.0 Å². The fraction of sp³-hybridized carbons (Fsp3) is 0.276. The van der Waals surface area contributed by atoms with E-state index in [1.165, 1.54) is 12.8 Å². The molecular weight excluding hydrogens is 434 g/mol. The highest BCUT2D eigenvalue weighted by molar-refractivity contribution is 5.99. The summed E-state index contributed by atoms with van der Waals surface area (Å²) in [6, 6.07) is 19.8. The standard InChI is InChI=1S/C29H27N5O/c1-33-16-13-29(14-17-33)19-34(20-29)28(35)22-9-10-26-24(18-22)27(32-31-26)12-11-25-23(8-5-15-30-25)21-6-3-2-4-7-21/h2-10,15,18H,13-14,16-17,19-20H2,1H3,(H,31,32). The molecule has 1 spiro atoms. The van der Waals surface area contributed by atoms with Gasteiger partial charge in [0.1, 0.15) is 11.4 Å². The number of carbonyl (C=O) groups is 1. The molecular formula is C29H27N5O. The number of hydrogen-bond acceptors (Lipinski definition) is 4. The predicted molar refractivity (Wildman–Crippen MR) is 137 cm³/mol. The Morgan fingerprint density at radius 3 is 2.54 bits per heavy atom. The van der Waals surface area contributed by atoms with Crippen LogP contribution in [0.5, 0.6) is 0 Å². The molecule has 4 heterocycles. The van der Waals surface area contributed by atoms with Crippen molar-refractivity contribution < 1.29 is 4.79 Å². The van der Waals surface area contributed by atoms with Crippen LogP contribution in [0.1, 0.15) is 34.6 Å². The number of fused-ring (bicyclic) bond motifs is 1. The second-order valence-electron chi connectivity index (χ2n) is 9.81. The van der Waals surface area contributed by atoms with E-state index in [0.29, 0.717) is 22.4 Å². The van der Waals surface area contributed by atoms with E-state index in [0.717, 1.165) is 48.2 Å². The zero-order valence-corrected chi connectivity index (χ0v) is 19.8. The third kappa shape index (κ3) is 4.09.